The first-order valence-corrected chi connectivity index (χ1v) is 3.98. The summed E-state index contributed by atoms with van der Waals surface area (Å²) in [6, 6.07) is 7.31. The highest BCUT2D eigenvalue weighted by Crippen LogP contribution is 2.16. The predicted molar refractivity (Wildman–Crippen MR) is 50.9 cm³/mol. The van der Waals surface area contributed by atoms with Crippen LogP contribution in [0.25, 0.3) is 6.08 Å². The summed E-state index contributed by atoms with van der Waals surface area (Å²) in [7, 11) is 0. The molecule has 0 N–H and O–H groups in total. The predicted octanol–water partition coefficient (Wildman–Crippen LogP) is 3.24. The van der Waals surface area contributed by atoms with Crippen LogP contribution in [0, 0.1) is 11.3 Å². The fourth-order valence-electron chi connectivity index (χ4n) is 0.953. The monoisotopic (exact) mass is 177 g/mol. The van der Waals surface area contributed by atoms with Gasteiger partial charge in [0.05, 0.1) is 11.6 Å². The lowest BCUT2D eigenvalue weighted by atomic mass is 10.1. The molecule has 1 rings (SSSR count). The van der Waals surface area contributed by atoms with Crippen LogP contribution in [0.5, 0.6) is 0 Å². The van der Waals surface area contributed by atoms with Gasteiger partial charge in [-0.05, 0) is 30.7 Å². The number of hydrogen-bond donors (Lipinski definition) is 0. The molecular formula is C10H8ClN. The van der Waals surface area contributed by atoms with Crippen LogP contribution in [-0.2, 0) is 0 Å². The van der Waals surface area contributed by atoms with Gasteiger partial charge in [0, 0.05) is 5.02 Å². The topological polar surface area (TPSA) is 23.8 Å². The van der Waals surface area contributed by atoms with E-state index in [1.807, 2.05) is 19.1 Å². The van der Waals surface area contributed by atoms with Crippen molar-refractivity contribution in [1.29, 1.82) is 5.26 Å². The first kappa shape index (κ1) is 8.83. The van der Waals surface area contributed by atoms with E-state index in [-0.39, 0.29) is 0 Å². The highest BCUT2D eigenvalue weighted by atomic mass is 35.5. The Kier molecular flexibility index (Phi) is 2.90. The molecule has 0 aliphatic rings. The number of benzene rings is 1. The molecule has 0 aliphatic heterocycles. The van der Waals surface area contributed by atoms with Crippen molar-refractivity contribution in [3.05, 3.63) is 40.4 Å². The first-order valence-electron chi connectivity index (χ1n) is 3.60. The van der Waals surface area contributed by atoms with Gasteiger partial charge in [-0.2, -0.15) is 5.26 Å². The van der Waals surface area contributed by atoms with Crippen molar-refractivity contribution >= 4 is 17.7 Å². The second-order valence-electron chi connectivity index (χ2n) is 2.34. The molecule has 0 fully saturated rings. The van der Waals surface area contributed by atoms with Gasteiger partial charge >= 0.3 is 0 Å². The van der Waals surface area contributed by atoms with Gasteiger partial charge in [-0.25, -0.2) is 0 Å². The highest BCUT2D eigenvalue weighted by molar-refractivity contribution is 6.30. The molecule has 1 aromatic carbocycles. The highest BCUT2D eigenvalue weighted by Gasteiger charge is 1.97. The number of nitriles is 1. The van der Waals surface area contributed by atoms with Crippen LogP contribution in [0.4, 0.5) is 0 Å². The van der Waals surface area contributed by atoms with E-state index in [1.165, 1.54) is 0 Å². The Morgan fingerprint density at radius 2 is 2.25 bits per heavy atom. The zero-order chi connectivity index (χ0) is 8.97. The molecule has 0 saturated carbocycles. The van der Waals surface area contributed by atoms with Crippen LogP contribution in [-0.4, -0.2) is 0 Å². The van der Waals surface area contributed by atoms with Crippen molar-refractivity contribution in [3.63, 3.8) is 0 Å². The largest absolute Gasteiger partial charge is 0.192 e. The second-order valence-corrected chi connectivity index (χ2v) is 2.78. The van der Waals surface area contributed by atoms with E-state index >= 15 is 0 Å². The van der Waals surface area contributed by atoms with E-state index in [0.29, 0.717) is 10.6 Å². The van der Waals surface area contributed by atoms with Crippen LogP contribution in [0.3, 0.4) is 0 Å². The third-order valence-corrected chi connectivity index (χ3v) is 1.72. The third-order valence-electron chi connectivity index (χ3n) is 1.48. The zero-order valence-electron chi connectivity index (χ0n) is 6.71. The van der Waals surface area contributed by atoms with E-state index in [1.54, 1.807) is 18.2 Å². The molecule has 0 spiro atoms. The van der Waals surface area contributed by atoms with Crippen molar-refractivity contribution in [2.45, 2.75) is 6.92 Å². The van der Waals surface area contributed by atoms with Crippen molar-refractivity contribution in [2.75, 3.05) is 0 Å². The summed E-state index contributed by atoms with van der Waals surface area (Å²) in [4.78, 5) is 0. The maximum atomic E-state index is 8.71. The van der Waals surface area contributed by atoms with Crippen LogP contribution in [0.15, 0.2) is 24.3 Å². The summed E-state index contributed by atoms with van der Waals surface area (Å²) < 4.78 is 0. The van der Waals surface area contributed by atoms with E-state index in [2.05, 4.69) is 6.07 Å². The average molecular weight is 178 g/mol. The minimum Gasteiger partial charge on any atom is -0.192 e. The van der Waals surface area contributed by atoms with Crippen molar-refractivity contribution in [1.82, 2.24) is 0 Å². The van der Waals surface area contributed by atoms with Gasteiger partial charge in [0.15, 0.2) is 0 Å². The Hall–Kier alpha value is -1.26. The molecule has 0 atom stereocenters. The maximum Gasteiger partial charge on any atom is 0.0997 e. The molecule has 60 valence electrons. The number of hydrogen-bond acceptors (Lipinski definition) is 1. The van der Waals surface area contributed by atoms with Crippen molar-refractivity contribution < 1.29 is 0 Å². The number of rotatable bonds is 1. The maximum absolute atomic E-state index is 8.71. The standard InChI is InChI=1S/C10H8ClN/c1-2-3-8-6-10(11)5-4-9(8)7-12/h2-6H,1H3/b3-2+. The van der Waals surface area contributed by atoms with Gasteiger partial charge in [0.1, 0.15) is 0 Å². The van der Waals surface area contributed by atoms with Crippen LogP contribution in [0.2, 0.25) is 5.02 Å². The average Bonchev–Trinajstić information content (AvgIpc) is 2.05. The van der Waals surface area contributed by atoms with E-state index < -0.39 is 0 Å². The second kappa shape index (κ2) is 3.94. The summed E-state index contributed by atoms with van der Waals surface area (Å²) in [6.07, 6.45) is 3.75. The number of nitrogens with zero attached hydrogens (tertiary/aromatic N) is 1. The zero-order valence-corrected chi connectivity index (χ0v) is 7.47. The molecule has 0 amide bonds. The summed E-state index contributed by atoms with van der Waals surface area (Å²) in [5.74, 6) is 0. The Morgan fingerprint density at radius 1 is 1.50 bits per heavy atom. The van der Waals surface area contributed by atoms with Crippen LogP contribution < -0.4 is 0 Å². The SMILES string of the molecule is C/C=C/c1cc(Cl)ccc1C#N. The first-order chi connectivity index (χ1) is 5.77. The fourth-order valence-corrected chi connectivity index (χ4v) is 1.13. The molecule has 12 heavy (non-hydrogen) atoms. The molecule has 0 saturated heterocycles. The van der Waals surface area contributed by atoms with Gasteiger partial charge in [0.2, 0.25) is 0 Å². The van der Waals surface area contributed by atoms with E-state index in [4.69, 9.17) is 16.9 Å². The molecule has 0 radical (unpaired) electrons. The normalized spacial score (nSPS) is 10.1. The Bertz CT molecular complexity index is 347. The Balaban J connectivity index is 3.24. The van der Waals surface area contributed by atoms with Gasteiger partial charge < -0.3 is 0 Å². The summed E-state index contributed by atoms with van der Waals surface area (Å²) >= 11 is 5.77. The fraction of sp³-hybridized carbons (Fsp3) is 0.100. The Morgan fingerprint density at radius 3 is 2.83 bits per heavy atom. The summed E-state index contributed by atoms with van der Waals surface area (Å²) in [5, 5.41) is 9.36. The number of allylic oxidation sites excluding steroid dienone is 1. The summed E-state index contributed by atoms with van der Waals surface area (Å²) in [5.41, 5.74) is 1.52. The van der Waals surface area contributed by atoms with Gasteiger partial charge in [-0.3, -0.25) is 0 Å². The molecular weight excluding hydrogens is 170 g/mol. The van der Waals surface area contributed by atoms with Gasteiger partial charge in [-0.15, -0.1) is 0 Å². The smallest absolute Gasteiger partial charge is 0.0997 e. The Labute approximate surface area is 76.9 Å². The van der Waals surface area contributed by atoms with Crippen LogP contribution in [0.1, 0.15) is 18.1 Å². The molecule has 0 unspecified atom stereocenters. The molecule has 1 nitrogen and oxygen atoms in total. The van der Waals surface area contributed by atoms with E-state index in [0.717, 1.165) is 5.56 Å². The number of halogens is 1. The van der Waals surface area contributed by atoms with Gasteiger partial charge in [-0.1, -0.05) is 23.8 Å². The third kappa shape index (κ3) is 1.87. The molecule has 1 aromatic rings. The lowest BCUT2D eigenvalue weighted by molar-refractivity contribution is 1.47. The lowest BCUT2D eigenvalue weighted by Gasteiger charge is -1.96. The lowest BCUT2D eigenvalue weighted by Crippen LogP contribution is -1.80. The van der Waals surface area contributed by atoms with Gasteiger partial charge in [0.25, 0.3) is 0 Å². The quantitative estimate of drug-likeness (QED) is 0.646. The van der Waals surface area contributed by atoms with Crippen LogP contribution >= 0.6 is 11.6 Å². The van der Waals surface area contributed by atoms with Crippen molar-refractivity contribution in [2.24, 2.45) is 0 Å². The molecule has 2 heteroatoms. The molecule has 0 bridgehead atoms. The molecule has 0 aromatic heterocycles. The summed E-state index contributed by atoms with van der Waals surface area (Å²) in [6.45, 7) is 1.90. The minimum atomic E-state index is 0.650. The molecule has 0 aliphatic carbocycles. The minimum absolute atomic E-state index is 0.650. The molecule has 0 heterocycles. The van der Waals surface area contributed by atoms with Crippen molar-refractivity contribution in [3.8, 4) is 6.07 Å². The van der Waals surface area contributed by atoms with E-state index in [9.17, 15) is 0 Å².